The summed E-state index contributed by atoms with van der Waals surface area (Å²) in [5.41, 5.74) is 2.74. The smallest absolute Gasteiger partial charge is 0.268 e. The molecule has 4 rings (SSSR count). The van der Waals surface area contributed by atoms with Crippen LogP contribution in [0.2, 0.25) is 0 Å². The molecule has 3 aromatic rings. The van der Waals surface area contributed by atoms with Gasteiger partial charge in [-0.25, -0.2) is 12.7 Å². The Morgan fingerprint density at radius 3 is 2.39 bits per heavy atom. The van der Waals surface area contributed by atoms with Gasteiger partial charge < -0.3 is 9.88 Å². The Morgan fingerprint density at radius 2 is 1.76 bits per heavy atom. The molecule has 33 heavy (non-hydrogen) atoms. The maximum Gasteiger partial charge on any atom is 0.268 e. The van der Waals surface area contributed by atoms with Crippen LogP contribution < -0.4 is 5.32 Å². The number of rotatable bonds is 7. The minimum absolute atomic E-state index is 0.105. The van der Waals surface area contributed by atoms with Gasteiger partial charge in [-0.3, -0.25) is 9.69 Å². The van der Waals surface area contributed by atoms with Crippen molar-refractivity contribution < 1.29 is 13.2 Å². The Morgan fingerprint density at radius 1 is 1.06 bits per heavy atom. The van der Waals surface area contributed by atoms with E-state index in [1.165, 1.54) is 24.0 Å². The fraction of sp³-hybridized carbons (Fsp3) is 0.400. The van der Waals surface area contributed by atoms with E-state index in [4.69, 9.17) is 0 Å². The summed E-state index contributed by atoms with van der Waals surface area (Å²) >= 11 is 0. The molecule has 2 heterocycles. The van der Waals surface area contributed by atoms with Crippen LogP contribution in [0.1, 0.15) is 35.8 Å². The van der Waals surface area contributed by atoms with Gasteiger partial charge in [-0.15, -0.1) is 0 Å². The third-order valence-electron chi connectivity index (χ3n) is 6.37. The lowest BCUT2D eigenvalue weighted by molar-refractivity contribution is 0.0900. The largest absolute Gasteiger partial charge is 0.348 e. The highest BCUT2D eigenvalue weighted by Crippen LogP contribution is 2.25. The van der Waals surface area contributed by atoms with Crippen molar-refractivity contribution in [2.24, 2.45) is 0 Å². The number of nitrogens with one attached hydrogen (secondary N) is 1. The average Bonchev–Trinajstić information content (AvgIpc) is 3.19. The molecule has 1 aliphatic heterocycles. The van der Waals surface area contributed by atoms with Gasteiger partial charge in [0.15, 0.2) is 0 Å². The minimum atomic E-state index is -3.53. The van der Waals surface area contributed by atoms with Gasteiger partial charge in [-0.05, 0) is 49.6 Å². The molecule has 2 aromatic carbocycles. The summed E-state index contributed by atoms with van der Waals surface area (Å²) in [6.07, 6.45) is 1.83. The van der Waals surface area contributed by atoms with Crippen molar-refractivity contribution in [3.63, 3.8) is 0 Å². The molecule has 1 aliphatic rings. The second kappa shape index (κ2) is 9.67. The first-order chi connectivity index (χ1) is 15.8. The van der Waals surface area contributed by atoms with Crippen molar-refractivity contribution in [1.82, 2.24) is 19.1 Å². The number of likely N-dealkylation sites (tertiary alicyclic amines) is 1. The number of benzene rings is 2. The number of aryl methyl sites for hydroxylation is 1. The van der Waals surface area contributed by atoms with E-state index in [0.717, 1.165) is 43.4 Å². The summed E-state index contributed by atoms with van der Waals surface area (Å²) < 4.78 is 28.2. The molecule has 0 bridgehead atoms. The third-order valence-corrected chi connectivity index (χ3v) is 8.18. The van der Waals surface area contributed by atoms with Crippen LogP contribution in [0.4, 0.5) is 0 Å². The molecular weight excluding hydrogens is 436 g/mol. The minimum Gasteiger partial charge on any atom is -0.348 e. The molecule has 0 radical (unpaired) electrons. The first-order valence-corrected chi connectivity index (χ1v) is 12.9. The van der Waals surface area contributed by atoms with Gasteiger partial charge in [0.1, 0.15) is 5.69 Å². The number of amides is 1. The molecule has 1 aromatic heterocycles. The number of hydrogen-bond donors (Lipinski definition) is 1. The molecule has 1 amide bonds. The average molecular weight is 469 g/mol. The number of sulfonamides is 1. The number of piperidine rings is 1. The number of carbonyl (C=O) groups is 1. The summed E-state index contributed by atoms with van der Waals surface area (Å²) in [4.78, 5) is 15.8. The SMILES string of the molecule is CCn1c(C(=O)NC2CCN(Cc3ccccc3)CC2)cc2cc(S(=O)(=O)N(C)C)ccc21. The van der Waals surface area contributed by atoms with E-state index in [1.807, 2.05) is 17.6 Å². The van der Waals surface area contributed by atoms with E-state index in [-0.39, 0.29) is 16.8 Å². The van der Waals surface area contributed by atoms with Crippen molar-refractivity contribution >= 4 is 26.8 Å². The topological polar surface area (TPSA) is 74.6 Å². The lowest BCUT2D eigenvalue weighted by Gasteiger charge is -2.32. The summed E-state index contributed by atoms with van der Waals surface area (Å²) in [5, 5.41) is 3.96. The Labute approximate surface area is 196 Å². The van der Waals surface area contributed by atoms with E-state index < -0.39 is 10.0 Å². The number of aromatic nitrogens is 1. The molecule has 0 atom stereocenters. The molecule has 1 N–H and O–H groups in total. The Kier molecular flexibility index (Phi) is 6.88. The molecular formula is C25H32N4O3S. The molecule has 0 spiro atoms. The Bertz CT molecular complexity index is 1230. The fourth-order valence-electron chi connectivity index (χ4n) is 4.49. The van der Waals surface area contributed by atoms with Crippen LogP contribution in [0.3, 0.4) is 0 Å². The summed E-state index contributed by atoms with van der Waals surface area (Å²) in [6, 6.07) is 17.4. The molecule has 1 saturated heterocycles. The normalized spacial score (nSPS) is 15.9. The zero-order valence-corrected chi connectivity index (χ0v) is 20.3. The van der Waals surface area contributed by atoms with E-state index in [9.17, 15) is 13.2 Å². The second-order valence-corrected chi connectivity index (χ2v) is 10.9. The maximum absolute atomic E-state index is 13.2. The predicted octanol–water partition coefficient (Wildman–Crippen LogP) is 3.31. The van der Waals surface area contributed by atoms with Crippen molar-refractivity contribution in [1.29, 1.82) is 0 Å². The van der Waals surface area contributed by atoms with E-state index >= 15 is 0 Å². The Balaban J connectivity index is 1.46. The highest BCUT2D eigenvalue weighted by molar-refractivity contribution is 7.89. The Hall–Kier alpha value is -2.68. The third kappa shape index (κ3) is 4.98. The monoisotopic (exact) mass is 468 g/mol. The molecule has 0 aliphatic carbocycles. The van der Waals surface area contributed by atoms with Crippen molar-refractivity contribution in [3.8, 4) is 0 Å². The van der Waals surface area contributed by atoms with Gasteiger partial charge in [-0.2, -0.15) is 0 Å². The van der Waals surface area contributed by atoms with Crippen LogP contribution in [0.25, 0.3) is 10.9 Å². The van der Waals surface area contributed by atoms with Crippen LogP contribution in [0.5, 0.6) is 0 Å². The zero-order chi connectivity index (χ0) is 23.6. The first-order valence-electron chi connectivity index (χ1n) is 11.4. The zero-order valence-electron chi connectivity index (χ0n) is 19.5. The number of fused-ring (bicyclic) bond motifs is 1. The van der Waals surface area contributed by atoms with Crippen LogP contribution in [-0.4, -0.2) is 61.3 Å². The summed E-state index contributed by atoms with van der Waals surface area (Å²) in [5.74, 6) is -0.105. The number of hydrogen-bond acceptors (Lipinski definition) is 4. The summed E-state index contributed by atoms with van der Waals surface area (Å²) in [6.45, 7) is 5.44. The van der Waals surface area contributed by atoms with E-state index in [0.29, 0.717) is 12.2 Å². The van der Waals surface area contributed by atoms with Crippen molar-refractivity contribution in [2.75, 3.05) is 27.2 Å². The predicted molar refractivity (Wildman–Crippen MR) is 131 cm³/mol. The van der Waals surface area contributed by atoms with Crippen molar-refractivity contribution in [3.05, 3.63) is 65.9 Å². The molecule has 7 nitrogen and oxygen atoms in total. The van der Waals surface area contributed by atoms with Crippen LogP contribution >= 0.6 is 0 Å². The van der Waals surface area contributed by atoms with Gasteiger partial charge in [0.2, 0.25) is 10.0 Å². The van der Waals surface area contributed by atoms with Crippen LogP contribution in [-0.2, 0) is 23.1 Å². The quantitative estimate of drug-likeness (QED) is 0.577. The van der Waals surface area contributed by atoms with Gasteiger partial charge in [0, 0.05) is 57.2 Å². The molecule has 0 unspecified atom stereocenters. The lowest BCUT2D eigenvalue weighted by Crippen LogP contribution is -2.44. The lowest BCUT2D eigenvalue weighted by atomic mass is 10.0. The highest BCUT2D eigenvalue weighted by atomic mass is 32.2. The molecule has 176 valence electrons. The number of carbonyl (C=O) groups excluding carboxylic acids is 1. The van der Waals surface area contributed by atoms with Crippen LogP contribution in [0.15, 0.2) is 59.5 Å². The van der Waals surface area contributed by atoms with Gasteiger partial charge in [0.05, 0.1) is 4.90 Å². The van der Waals surface area contributed by atoms with Gasteiger partial charge in [0.25, 0.3) is 5.91 Å². The van der Waals surface area contributed by atoms with E-state index in [1.54, 1.807) is 24.3 Å². The molecule has 1 fully saturated rings. The standard InChI is InChI=1S/C25H32N4O3S/c1-4-29-23-11-10-22(33(31,32)27(2)3)16-20(23)17-24(29)25(30)26-21-12-14-28(15-13-21)18-19-8-6-5-7-9-19/h5-11,16-17,21H,4,12-15,18H2,1-3H3,(H,26,30). The van der Waals surface area contributed by atoms with E-state index in [2.05, 4.69) is 34.5 Å². The van der Waals surface area contributed by atoms with Gasteiger partial charge >= 0.3 is 0 Å². The fourth-order valence-corrected chi connectivity index (χ4v) is 5.42. The maximum atomic E-state index is 13.2. The highest BCUT2D eigenvalue weighted by Gasteiger charge is 2.24. The van der Waals surface area contributed by atoms with Gasteiger partial charge in [-0.1, -0.05) is 30.3 Å². The summed E-state index contributed by atoms with van der Waals surface area (Å²) in [7, 11) is -0.501. The molecule has 0 saturated carbocycles. The number of nitrogens with zero attached hydrogens (tertiary/aromatic N) is 3. The second-order valence-electron chi connectivity index (χ2n) is 8.79. The van der Waals surface area contributed by atoms with Crippen molar-refractivity contribution in [2.45, 2.75) is 43.8 Å². The van der Waals surface area contributed by atoms with Crippen LogP contribution in [0, 0.1) is 0 Å². The first kappa shape index (κ1) is 23.5. The molecule has 8 heteroatoms.